The van der Waals surface area contributed by atoms with Gasteiger partial charge in [-0.3, -0.25) is 9.59 Å². The Labute approximate surface area is 174 Å². The van der Waals surface area contributed by atoms with Crippen LogP contribution in [0.1, 0.15) is 58.6 Å². The minimum atomic E-state index is -0.640. The van der Waals surface area contributed by atoms with Crippen molar-refractivity contribution >= 4 is 24.3 Å². The Morgan fingerprint density at radius 2 is 1.79 bits per heavy atom. The molecule has 5 nitrogen and oxygen atoms in total. The molecule has 0 aromatic heterocycles. The van der Waals surface area contributed by atoms with Crippen LogP contribution in [0.4, 0.5) is 0 Å². The number of benzene rings is 1. The van der Waals surface area contributed by atoms with Crippen molar-refractivity contribution in [2.75, 3.05) is 6.61 Å². The zero-order chi connectivity index (χ0) is 20.2. The van der Waals surface area contributed by atoms with E-state index in [1.54, 1.807) is 6.92 Å². The molecule has 1 aromatic carbocycles. The molecule has 0 bridgehead atoms. The molecule has 0 saturated carbocycles. The molecule has 0 heterocycles. The first kappa shape index (κ1) is 25.9. The van der Waals surface area contributed by atoms with E-state index in [1.165, 1.54) is 11.1 Å². The van der Waals surface area contributed by atoms with Crippen LogP contribution >= 0.6 is 12.4 Å². The SMILES string of the molecule is CC(C)=CCC/C(C)=C/COC(=O)C[C@@H](NC(=O)[C@@H](C)N)c1ccccc1.Cl. The fraction of sp³-hybridized carbons (Fsp3) is 0.455. The van der Waals surface area contributed by atoms with Crippen molar-refractivity contribution in [3.8, 4) is 0 Å². The van der Waals surface area contributed by atoms with E-state index in [4.69, 9.17) is 10.5 Å². The van der Waals surface area contributed by atoms with Crippen LogP contribution in [-0.2, 0) is 14.3 Å². The predicted molar refractivity (Wildman–Crippen MR) is 116 cm³/mol. The maximum Gasteiger partial charge on any atom is 0.308 e. The second-order valence-corrected chi connectivity index (χ2v) is 7.02. The zero-order valence-corrected chi connectivity index (χ0v) is 18.1. The predicted octanol–water partition coefficient (Wildman–Crippen LogP) is 4.24. The molecule has 0 radical (unpaired) electrons. The Morgan fingerprint density at radius 1 is 1.14 bits per heavy atom. The summed E-state index contributed by atoms with van der Waals surface area (Å²) < 4.78 is 5.32. The lowest BCUT2D eigenvalue weighted by atomic mass is 10.0. The Bertz CT molecular complexity index is 666. The van der Waals surface area contributed by atoms with Gasteiger partial charge in [0.15, 0.2) is 0 Å². The minimum Gasteiger partial charge on any atom is -0.461 e. The number of hydrogen-bond acceptors (Lipinski definition) is 4. The number of carbonyl (C=O) groups is 2. The lowest BCUT2D eigenvalue weighted by molar-refractivity contribution is -0.143. The Kier molecular flexibility index (Phi) is 12.9. The molecule has 0 unspecified atom stereocenters. The minimum absolute atomic E-state index is 0. The highest BCUT2D eigenvalue weighted by Gasteiger charge is 2.20. The van der Waals surface area contributed by atoms with Gasteiger partial charge in [0.05, 0.1) is 18.5 Å². The largest absolute Gasteiger partial charge is 0.461 e. The Morgan fingerprint density at radius 3 is 2.36 bits per heavy atom. The maximum absolute atomic E-state index is 12.2. The van der Waals surface area contributed by atoms with Crippen molar-refractivity contribution in [1.29, 1.82) is 0 Å². The summed E-state index contributed by atoms with van der Waals surface area (Å²) in [7, 11) is 0. The molecule has 1 aromatic rings. The van der Waals surface area contributed by atoms with Gasteiger partial charge in [-0.15, -0.1) is 12.4 Å². The number of allylic oxidation sites excluding steroid dienone is 3. The van der Waals surface area contributed by atoms with Crippen LogP contribution in [-0.4, -0.2) is 24.5 Å². The maximum atomic E-state index is 12.2. The fourth-order valence-corrected chi connectivity index (χ4v) is 2.43. The van der Waals surface area contributed by atoms with E-state index >= 15 is 0 Å². The van der Waals surface area contributed by atoms with Crippen molar-refractivity contribution in [3.05, 3.63) is 59.2 Å². The third-order valence-corrected chi connectivity index (χ3v) is 4.07. The molecule has 0 saturated heterocycles. The van der Waals surface area contributed by atoms with Crippen LogP contribution in [0, 0.1) is 0 Å². The summed E-state index contributed by atoms with van der Waals surface area (Å²) in [5.41, 5.74) is 8.96. The number of esters is 1. The topological polar surface area (TPSA) is 81.4 Å². The van der Waals surface area contributed by atoms with Gasteiger partial charge in [-0.2, -0.15) is 0 Å². The first-order valence-corrected chi connectivity index (χ1v) is 9.35. The summed E-state index contributed by atoms with van der Waals surface area (Å²) in [6, 6.07) is 8.25. The number of hydrogen-bond donors (Lipinski definition) is 2. The van der Waals surface area contributed by atoms with E-state index in [1.807, 2.05) is 43.3 Å². The normalized spacial score (nSPS) is 13.0. The van der Waals surface area contributed by atoms with Crippen molar-refractivity contribution < 1.29 is 14.3 Å². The van der Waals surface area contributed by atoms with Crippen molar-refractivity contribution in [1.82, 2.24) is 5.32 Å². The van der Waals surface area contributed by atoms with Gasteiger partial charge in [0, 0.05) is 0 Å². The van der Waals surface area contributed by atoms with E-state index in [2.05, 4.69) is 25.2 Å². The number of ether oxygens (including phenoxy) is 1. The van der Waals surface area contributed by atoms with Gasteiger partial charge in [-0.05, 0) is 52.2 Å². The van der Waals surface area contributed by atoms with E-state index in [9.17, 15) is 9.59 Å². The fourth-order valence-electron chi connectivity index (χ4n) is 2.43. The molecule has 0 aliphatic rings. The van der Waals surface area contributed by atoms with E-state index < -0.39 is 12.1 Å². The lowest BCUT2D eigenvalue weighted by Crippen LogP contribution is -2.41. The molecule has 156 valence electrons. The summed E-state index contributed by atoms with van der Waals surface area (Å²) >= 11 is 0. The molecule has 0 fully saturated rings. The standard InChI is InChI=1S/C22H32N2O3.ClH/c1-16(2)9-8-10-17(3)13-14-27-21(25)15-20(24-22(26)18(4)23)19-11-6-5-7-12-19;/h5-7,9,11-13,18,20H,8,10,14-15,23H2,1-4H3,(H,24,26);1H/b17-13+;/t18-,20-;/m1./s1. The summed E-state index contributed by atoms with van der Waals surface area (Å²) in [5.74, 6) is -0.658. The second kappa shape index (κ2) is 14.0. The molecular weight excluding hydrogens is 376 g/mol. The van der Waals surface area contributed by atoms with Gasteiger partial charge in [-0.25, -0.2) is 0 Å². The van der Waals surface area contributed by atoms with Crippen LogP contribution in [0.2, 0.25) is 0 Å². The first-order chi connectivity index (χ1) is 12.8. The highest BCUT2D eigenvalue weighted by Crippen LogP contribution is 2.17. The monoisotopic (exact) mass is 408 g/mol. The van der Waals surface area contributed by atoms with Gasteiger partial charge in [0.1, 0.15) is 6.61 Å². The van der Waals surface area contributed by atoms with Crippen LogP contribution in [0.15, 0.2) is 53.6 Å². The number of amides is 1. The first-order valence-electron chi connectivity index (χ1n) is 9.35. The zero-order valence-electron chi connectivity index (χ0n) is 17.2. The van der Waals surface area contributed by atoms with Crippen LogP contribution < -0.4 is 11.1 Å². The average Bonchev–Trinajstić information content (AvgIpc) is 2.61. The molecule has 1 rings (SSSR count). The van der Waals surface area contributed by atoms with Gasteiger partial charge >= 0.3 is 5.97 Å². The molecule has 0 spiro atoms. The smallest absolute Gasteiger partial charge is 0.308 e. The molecule has 2 atom stereocenters. The van der Waals surface area contributed by atoms with Crippen molar-refractivity contribution in [2.45, 2.75) is 59.0 Å². The van der Waals surface area contributed by atoms with Crippen LogP contribution in [0.25, 0.3) is 0 Å². The second-order valence-electron chi connectivity index (χ2n) is 7.02. The summed E-state index contributed by atoms with van der Waals surface area (Å²) in [4.78, 5) is 24.2. The van der Waals surface area contributed by atoms with Gasteiger partial charge in [0.2, 0.25) is 5.91 Å². The van der Waals surface area contributed by atoms with Crippen molar-refractivity contribution in [2.24, 2.45) is 5.73 Å². The molecule has 3 N–H and O–H groups in total. The summed E-state index contributed by atoms with van der Waals surface area (Å²) in [5, 5.41) is 2.81. The van der Waals surface area contributed by atoms with E-state index in [-0.39, 0.29) is 37.3 Å². The van der Waals surface area contributed by atoms with Crippen molar-refractivity contribution in [3.63, 3.8) is 0 Å². The van der Waals surface area contributed by atoms with Gasteiger partial charge in [0.25, 0.3) is 0 Å². The van der Waals surface area contributed by atoms with Crippen LogP contribution in [0.3, 0.4) is 0 Å². The molecule has 1 amide bonds. The third kappa shape index (κ3) is 10.9. The number of halogens is 1. The van der Waals surface area contributed by atoms with Gasteiger partial charge in [-0.1, -0.05) is 47.6 Å². The van der Waals surface area contributed by atoms with Crippen LogP contribution in [0.5, 0.6) is 0 Å². The van der Waals surface area contributed by atoms with E-state index in [0.29, 0.717) is 0 Å². The highest BCUT2D eigenvalue weighted by molar-refractivity contribution is 5.85. The van der Waals surface area contributed by atoms with Gasteiger partial charge < -0.3 is 15.8 Å². The van der Waals surface area contributed by atoms with E-state index in [0.717, 1.165) is 18.4 Å². The molecular formula is C22H33ClN2O3. The Hall–Kier alpha value is -2.11. The summed E-state index contributed by atoms with van der Waals surface area (Å²) in [6.07, 6.45) is 6.11. The highest BCUT2D eigenvalue weighted by atomic mass is 35.5. The molecule has 6 heteroatoms. The number of rotatable bonds is 10. The lowest BCUT2D eigenvalue weighted by Gasteiger charge is -2.19. The molecule has 0 aliphatic heterocycles. The number of nitrogens with one attached hydrogen (secondary N) is 1. The number of nitrogens with two attached hydrogens (primary N) is 1. The average molecular weight is 409 g/mol. The third-order valence-electron chi connectivity index (χ3n) is 4.07. The molecule has 28 heavy (non-hydrogen) atoms. The summed E-state index contributed by atoms with van der Waals surface area (Å²) in [6.45, 7) is 8.03. The Balaban J connectivity index is 0.00000729. The quantitative estimate of drug-likeness (QED) is 0.448. The number of carbonyl (C=O) groups excluding carboxylic acids is 2. The molecule has 0 aliphatic carbocycles.